The summed E-state index contributed by atoms with van der Waals surface area (Å²) in [5, 5.41) is 2.98. The van der Waals surface area contributed by atoms with Gasteiger partial charge in [-0.25, -0.2) is 8.42 Å². The molecule has 0 unspecified atom stereocenters. The Balaban J connectivity index is 1.79. The number of benzene rings is 3. The van der Waals surface area contributed by atoms with Gasteiger partial charge in [0.05, 0.1) is 18.5 Å². The van der Waals surface area contributed by atoms with Crippen LogP contribution in [0.2, 0.25) is 0 Å². The van der Waals surface area contributed by atoms with E-state index in [-0.39, 0.29) is 12.5 Å². The van der Waals surface area contributed by atoms with E-state index >= 15 is 0 Å². The van der Waals surface area contributed by atoms with Crippen molar-refractivity contribution in [3.63, 3.8) is 0 Å². The summed E-state index contributed by atoms with van der Waals surface area (Å²) in [4.78, 5) is 12.8. The maximum Gasteiger partial charge on any atom is 0.255 e. The molecule has 0 bridgehead atoms. The quantitative estimate of drug-likeness (QED) is 0.506. The van der Waals surface area contributed by atoms with E-state index in [2.05, 4.69) is 19.2 Å². The Labute approximate surface area is 191 Å². The van der Waals surface area contributed by atoms with Crippen molar-refractivity contribution in [2.75, 3.05) is 15.9 Å². The van der Waals surface area contributed by atoms with Crippen LogP contribution in [0.3, 0.4) is 0 Å². The average molecular weight is 451 g/mol. The van der Waals surface area contributed by atoms with Crippen molar-refractivity contribution >= 4 is 27.3 Å². The van der Waals surface area contributed by atoms with E-state index in [1.807, 2.05) is 56.3 Å². The van der Waals surface area contributed by atoms with Crippen molar-refractivity contribution in [1.29, 1.82) is 0 Å². The highest BCUT2D eigenvalue weighted by molar-refractivity contribution is 7.92. The van der Waals surface area contributed by atoms with Crippen LogP contribution in [0.4, 0.5) is 11.4 Å². The number of sulfonamides is 1. The van der Waals surface area contributed by atoms with Crippen LogP contribution in [-0.2, 0) is 16.6 Å². The molecule has 0 saturated heterocycles. The molecule has 1 N–H and O–H groups in total. The average Bonchev–Trinajstić information content (AvgIpc) is 2.74. The lowest BCUT2D eigenvalue weighted by molar-refractivity contribution is 0.102. The van der Waals surface area contributed by atoms with Crippen LogP contribution in [0.5, 0.6) is 0 Å². The maximum atomic E-state index is 12.8. The Morgan fingerprint density at radius 1 is 0.938 bits per heavy atom. The SMILES string of the molecule is Cc1ccc(N(Cc2ccc(C(=O)Nc3ccccc3C(C)C)cc2)S(C)(=O)=O)cc1C. The van der Waals surface area contributed by atoms with Crippen molar-refractivity contribution in [3.8, 4) is 0 Å². The summed E-state index contributed by atoms with van der Waals surface area (Å²) in [5.74, 6) is 0.0973. The first-order chi connectivity index (χ1) is 15.1. The predicted octanol–water partition coefficient (Wildman–Crippen LogP) is 5.65. The summed E-state index contributed by atoms with van der Waals surface area (Å²) >= 11 is 0. The van der Waals surface area contributed by atoms with E-state index in [4.69, 9.17) is 0 Å². The first-order valence-electron chi connectivity index (χ1n) is 10.6. The molecule has 0 aromatic heterocycles. The van der Waals surface area contributed by atoms with Crippen molar-refractivity contribution in [3.05, 3.63) is 94.5 Å². The zero-order valence-electron chi connectivity index (χ0n) is 19.2. The molecule has 0 spiro atoms. The van der Waals surface area contributed by atoms with E-state index in [9.17, 15) is 13.2 Å². The molecule has 6 heteroatoms. The van der Waals surface area contributed by atoms with E-state index in [0.717, 1.165) is 27.9 Å². The van der Waals surface area contributed by atoms with Crippen LogP contribution in [0.25, 0.3) is 0 Å². The molecule has 0 aliphatic carbocycles. The molecule has 5 nitrogen and oxygen atoms in total. The summed E-state index contributed by atoms with van der Waals surface area (Å²) in [7, 11) is -3.47. The normalized spacial score (nSPS) is 11.4. The molecule has 0 saturated carbocycles. The molecular weight excluding hydrogens is 420 g/mol. The fourth-order valence-corrected chi connectivity index (χ4v) is 4.40. The van der Waals surface area contributed by atoms with Gasteiger partial charge in [-0.05, 0) is 72.4 Å². The van der Waals surface area contributed by atoms with Crippen molar-refractivity contribution < 1.29 is 13.2 Å². The number of hydrogen-bond acceptors (Lipinski definition) is 3. The standard InChI is InChI=1S/C26H30N2O3S/c1-18(2)24-8-6-7-9-25(24)27-26(29)22-13-11-21(12-14-22)17-28(32(5,30)31)23-15-10-19(3)20(4)16-23/h6-16,18H,17H2,1-5H3,(H,27,29). The highest BCUT2D eigenvalue weighted by Gasteiger charge is 2.19. The van der Waals surface area contributed by atoms with Crippen LogP contribution in [0.15, 0.2) is 66.7 Å². The smallest absolute Gasteiger partial charge is 0.255 e. The second-order valence-corrected chi connectivity index (χ2v) is 10.3. The molecule has 3 aromatic rings. The lowest BCUT2D eigenvalue weighted by Gasteiger charge is -2.23. The molecular formula is C26H30N2O3S. The van der Waals surface area contributed by atoms with Gasteiger partial charge in [-0.3, -0.25) is 9.10 Å². The van der Waals surface area contributed by atoms with Gasteiger partial charge in [0.2, 0.25) is 10.0 Å². The summed E-state index contributed by atoms with van der Waals surface area (Å²) in [5.41, 5.74) is 5.96. The molecule has 0 fully saturated rings. The van der Waals surface area contributed by atoms with Crippen LogP contribution >= 0.6 is 0 Å². The Kier molecular flexibility index (Phi) is 7.04. The Morgan fingerprint density at radius 2 is 1.59 bits per heavy atom. The summed E-state index contributed by atoms with van der Waals surface area (Å²) < 4.78 is 26.3. The monoisotopic (exact) mass is 450 g/mol. The second-order valence-electron chi connectivity index (χ2n) is 8.43. The molecule has 0 radical (unpaired) electrons. The first kappa shape index (κ1) is 23.5. The maximum absolute atomic E-state index is 12.8. The third kappa shape index (κ3) is 5.56. The van der Waals surface area contributed by atoms with E-state index in [1.54, 1.807) is 24.3 Å². The minimum absolute atomic E-state index is 0.194. The van der Waals surface area contributed by atoms with Gasteiger partial charge < -0.3 is 5.32 Å². The zero-order valence-corrected chi connectivity index (χ0v) is 20.0. The van der Waals surface area contributed by atoms with Gasteiger partial charge in [-0.15, -0.1) is 0 Å². The molecule has 3 rings (SSSR count). The minimum atomic E-state index is -3.47. The third-order valence-electron chi connectivity index (χ3n) is 5.55. The van der Waals surface area contributed by atoms with Crippen LogP contribution < -0.4 is 9.62 Å². The van der Waals surface area contributed by atoms with Gasteiger partial charge in [-0.2, -0.15) is 0 Å². The highest BCUT2D eigenvalue weighted by atomic mass is 32.2. The highest BCUT2D eigenvalue weighted by Crippen LogP contribution is 2.25. The number of aryl methyl sites for hydroxylation is 2. The fourth-order valence-electron chi connectivity index (χ4n) is 3.52. The number of carbonyl (C=O) groups excluding carboxylic acids is 1. The van der Waals surface area contributed by atoms with Gasteiger partial charge >= 0.3 is 0 Å². The number of para-hydroxylation sites is 1. The van der Waals surface area contributed by atoms with Crippen LogP contribution in [0.1, 0.15) is 52.4 Å². The summed E-state index contributed by atoms with van der Waals surface area (Å²) in [6.45, 7) is 8.32. The number of amides is 1. The molecule has 0 aliphatic heterocycles. The van der Waals surface area contributed by atoms with Crippen molar-refractivity contribution in [1.82, 2.24) is 0 Å². The number of carbonyl (C=O) groups is 1. The number of nitrogens with one attached hydrogen (secondary N) is 1. The van der Waals surface area contributed by atoms with Gasteiger partial charge in [0, 0.05) is 11.3 Å². The minimum Gasteiger partial charge on any atom is -0.322 e. The number of rotatable bonds is 7. The summed E-state index contributed by atoms with van der Waals surface area (Å²) in [6, 6.07) is 20.4. The number of hydrogen-bond donors (Lipinski definition) is 1. The molecule has 0 heterocycles. The molecule has 32 heavy (non-hydrogen) atoms. The van der Waals surface area contributed by atoms with Crippen LogP contribution in [0, 0.1) is 13.8 Å². The largest absolute Gasteiger partial charge is 0.322 e. The van der Waals surface area contributed by atoms with Gasteiger partial charge in [0.1, 0.15) is 0 Å². The molecule has 1 amide bonds. The van der Waals surface area contributed by atoms with Gasteiger partial charge in [0.25, 0.3) is 5.91 Å². The van der Waals surface area contributed by atoms with E-state index in [0.29, 0.717) is 17.2 Å². The van der Waals surface area contributed by atoms with E-state index < -0.39 is 10.0 Å². The lowest BCUT2D eigenvalue weighted by Crippen LogP contribution is -2.29. The molecule has 0 aliphatic rings. The Morgan fingerprint density at radius 3 is 2.19 bits per heavy atom. The third-order valence-corrected chi connectivity index (χ3v) is 6.69. The molecule has 0 atom stereocenters. The lowest BCUT2D eigenvalue weighted by atomic mass is 10.0. The topological polar surface area (TPSA) is 66.5 Å². The van der Waals surface area contributed by atoms with Crippen LogP contribution in [-0.4, -0.2) is 20.6 Å². The zero-order chi connectivity index (χ0) is 23.5. The van der Waals surface area contributed by atoms with Gasteiger partial charge in [-0.1, -0.05) is 50.2 Å². The number of nitrogens with zero attached hydrogens (tertiary/aromatic N) is 1. The number of anilines is 2. The summed E-state index contributed by atoms with van der Waals surface area (Å²) in [6.07, 6.45) is 1.20. The fraction of sp³-hybridized carbons (Fsp3) is 0.269. The van der Waals surface area contributed by atoms with Gasteiger partial charge in [0.15, 0.2) is 0 Å². The van der Waals surface area contributed by atoms with Crippen molar-refractivity contribution in [2.45, 2.75) is 40.2 Å². The molecule has 168 valence electrons. The Hall–Kier alpha value is -3.12. The Bertz CT molecular complexity index is 1220. The molecule has 3 aromatic carbocycles. The van der Waals surface area contributed by atoms with E-state index in [1.165, 1.54) is 10.6 Å². The van der Waals surface area contributed by atoms with Crippen molar-refractivity contribution in [2.24, 2.45) is 0 Å². The first-order valence-corrected chi connectivity index (χ1v) is 12.5. The second kappa shape index (κ2) is 9.57. The predicted molar refractivity (Wildman–Crippen MR) is 132 cm³/mol.